The van der Waals surface area contributed by atoms with Crippen LogP contribution in [0.4, 0.5) is 13.2 Å². The van der Waals surface area contributed by atoms with Crippen molar-refractivity contribution in [2.45, 2.75) is 21.8 Å². The monoisotopic (exact) mass is 545 g/mol. The summed E-state index contributed by atoms with van der Waals surface area (Å²) in [4.78, 5) is 13.4. The summed E-state index contributed by atoms with van der Waals surface area (Å²) in [5.41, 5.74) is -0.993. The highest BCUT2D eigenvalue weighted by atomic mass is 32.2. The van der Waals surface area contributed by atoms with Crippen molar-refractivity contribution < 1.29 is 40.4 Å². The van der Waals surface area contributed by atoms with Gasteiger partial charge in [0.1, 0.15) is 22.2 Å². The van der Waals surface area contributed by atoms with Gasteiger partial charge in [-0.2, -0.15) is 17.9 Å². The molecule has 2 N–H and O–H groups in total. The molecule has 194 valence electrons. The minimum Gasteiger partial charge on any atom is -0.384 e. The average Bonchev–Trinajstić information content (AvgIpc) is 3.25. The summed E-state index contributed by atoms with van der Waals surface area (Å²) in [7, 11) is -1.46. The van der Waals surface area contributed by atoms with E-state index in [1.807, 2.05) is 0 Å². The van der Waals surface area contributed by atoms with Crippen LogP contribution in [0, 0.1) is 5.92 Å². The Bertz CT molecular complexity index is 1330. The molecule has 0 spiro atoms. The first-order valence-corrected chi connectivity index (χ1v) is 12.8. The fraction of sp³-hybridized carbons (Fsp3) is 0.364. The Hall–Kier alpha value is -2.78. The van der Waals surface area contributed by atoms with Crippen LogP contribution in [-0.2, 0) is 30.5 Å². The Morgan fingerprint density at radius 2 is 1.89 bits per heavy atom. The van der Waals surface area contributed by atoms with Gasteiger partial charge in [0.25, 0.3) is 10.0 Å². The number of hydrogen-bond acceptors (Lipinski definition) is 8. The number of ether oxygens (including phenoxy) is 2. The number of sulfonamides is 1. The number of methoxy groups -OCH3 is 2. The first-order chi connectivity index (χ1) is 17.0. The number of benzene rings is 1. The minimum absolute atomic E-state index is 0.0946. The number of nitrogens with zero attached hydrogens (tertiary/aromatic N) is 1. The zero-order chi connectivity index (χ0) is 26.1. The molecule has 2 heterocycles. The lowest BCUT2D eigenvalue weighted by molar-refractivity contribution is -0.155. The third-order valence-corrected chi connectivity index (χ3v) is 8.90. The van der Waals surface area contributed by atoms with Crippen molar-refractivity contribution in [2.24, 2.45) is 5.92 Å². The van der Waals surface area contributed by atoms with Crippen molar-refractivity contribution in [3.05, 3.63) is 59.9 Å². The van der Waals surface area contributed by atoms with Crippen molar-refractivity contribution >= 4 is 27.3 Å². The highest BCUT2D eigenvalue weighted by Gasteiger charge is 2.71. The van der Waals surface area contributed by atoms with E-state index in [9.17, 15) is 26.4 Å². The number of amides is 1. The van der Waals surface area contributed by atoms with Crippen molar-refractivity contribution in [3.63, 3.8) is 0 Å². The molecule has 1 fully saturated rings. The summed E-state index contributed by atoms with van der Waals surface area (Å²) >= 11 is 0.699. The van der Waals surface area contributed by atoms with E-state index >= 15 is 0 Å². The number of alkyl halides is 3. The van der Waals surface area contributed by atoms with Gasteiger partial charge in [-0.3, -0.25) is 4.79 Å². The largest absolute Gasteiger partial charge is 0.452 e. The van der Waals surface area contributed by atoms with Crippen LogP contribution in [0.3, 0.4) is 0 Å². The molecule has 1 aliphatic rings. The molecule has 9 nitrogen and oxygen atoms in total. The van der Waals surface area contributed by atoms with Gasteiger partial charge in [-0.1, -0.05) is 35.5 Å². The van der Waals surface area contributed by atoms with Gasteiger partial charge in [-0.15, -0.1) is 11.3 Å². The second-order valence-corrected chi connectivity index (χ2v) is 11.0. The maximum Gasteiger partial charge on any atom is 0.452 e. The normalized spacial score (nSPS) is 21.9. The number of hydrogen-bond donors (Lipinski definition) is 2. The molecule has 1 amide bonds. The first kappa shape index (κ1) is 26.3. The molecule has 0 radical (unpaired) electrons. The van der Waals surface area contributed by atoms with E-state index in [0.717, 1.165) is 5.56 Å². The smallest absolute Gasteiger partial charge is 0.384 e. The minimum atomic E-state index is -4.73. The third kappa shape index (κ3) is 4.91. The maximum atomic E-state index is 13.4. The molecule has 14 heteroatoms. The highest BCUT2D eigenvalue weighted by Crippen LogP contribution is 2.58. The van der Waals surface area contributed by atoms with Gasteiger partial charge < -0.3 is 19.3 Å². The topological polar surface area (TPSA) is 120 Å². The Morgan fingerprint density at radius 3 is 2.50 bits per heavy atom. The fourth-order valence-electron chi connectivity index (χ4n) is 4.20. The van der Waals surface area contributed by atoms with Crippen LogP contribution < -0.4 is 10.0 Å². The standard InChI is InChI=1S/C22H22F3N3O6S2/c1-32-11-14-19(13-6-4-3-5-7-13)21(14,20(29)26-12-33-2)28-36(30,31)18-9-8-16(35-18)15-10-17(34-27-15)22(23,24)25/h3-10,14,19,28H,11-12H2,1-2H3,(H,26,29)/t14-,19+,21+/m1/s1. The van der Waals surface area contributed by atoms with Gasteiger partial charge in [0.15, 0.2) is 0 Å². The number of thiophene rings is 1. The van der Waals surface area contributed by atoms with Crippen LogP contribution in [0.5, 0.6) is 0 Å². The molecule has 0 aliphatic heterocycles. The molecular weight excluding hydrogens is 523 g/mol. The molecule has 3 atom stereocenters. The van der Waals surface area contributed by atoms with Crippen LogP contribution in [0.25, 0.3) is 10.6 Å². The molecular formula is C22H22F3N3O6S2. The van der Waals surface area contributed by atoms with Crippen molar-refractivity contribution in [1.29, 1.82) is 0 Å². The van der Waals surface area contributed by atoms with Gasteiger partial charge in [0.05, 0.1) is 11.5 Å². The van der Waals surface area contributed by atoms with Gasteiger partial charge in [0.2, 0.25) is 11.7 Å². The van der Waals surface area contributed by atoms with E-state index in [0.29, 0.717) is 17.4 Å². The van der Waals surface area contributed by atoms with E-state index in [-0.39, 0.29) is 28.1 Å². The van der Waals surface area contributed by atoms with Crippen LogP contribution >= 0.6 is 11.3 Å². The zero-order valence-corrected chi connectivity index (χ0v) is 20.7. The molecule has 0 saturated heterocycles. The van der Waals surface area contributed by atoms with Gasteiger partial charge >= 0.3 is 6.18 Å². The number of halogens is 3. The predicted molar refractivity (Wildman–Crippen MR) is 122 cm³/mol. The maximum absolute atomic E-state index is 13.4. The lowest BCUT2D eigenvalue weighted by Crippen LogP contribution is -2.52. The first-order valence-electron chi connectivity index (χ1n) is 10.5. The Kier molecular flexibility index (Phi) is 7.26. The molecule has 3 aromatic rings. The van der Waals surface area contributed by atoms with Crippen LogP contribution in [0.1, 0.15) is 17.2 Å². The lowest BCUT2D eigenvalue weighted by Gasteiger charge is -2.20. The summed E-state index contributed by atoms with van der Waals surface area (Å²) in [5.74, 6) is -2.95. The predicted octanol–water partition coefficient (Wildman–Crippen LogP) is 3.22. The van der Waals surface area contributed by atoms with Crippen LogP contribution in [0.2, 0.25) is 0 Å². The number of carbonyl (C=O) groups is 1. The third-order valence-electron chi connectivity index (χ3n) is 5.82. The molecule has 1 aliphatic carbocycles. The Labute approximate surface area is 208 Å². The Balaban J connectivity index is 1.67. The van der Waals surface area contributed by atoms with Crippen molar-refractivity contribution in [2.75, 3.05) is 27.6 Å². The van der Waals surface area contributed by atoms with Crippen molar-refractivity contribution in [1.82, 2.24) is 15.2 Å². The van der Waals surface area contributed by atoms with E-state index in [1.54, 1.807) is 30.3 Å². The number of rotatable bonds is 10. The summed E-state index contributed by atoms with van der Waals surface area (Å²) < 4.78 is 82.3. The van der Waals surface area contributed by atoms with Crippen LogP contribution in [0.15, 0.2) is 57.3 Å². The highest BCUT2D eigenvalue weighted by molar-refractivity contribution is 7.91. The van der Waals surface area contributed by atoms with Gasteiger partial charge in [0, 0.05) is 32.1 Å². The van der Waals surface area contributed by atoms with E-state index in [1.165, 1.54) is 26.4 Å². The van der Waals surface area contributed by atoms with Crippen LogP contribution in [-0.4, -0.2) is 52.6 Å². The summed E-state index contributed by atoms with van der Waals surface area (Å²) in [5, 5.41) is 5.97. The number of aromatic nitrogens is 1. The molecule has 4 rings (SSSR count). The van der Waals surface area contributed by atoms with Crippen molar-refractivity contribution in [3.8, 4) is 10.6 Å². The second-order valence-electron chi connectivity index (χ2n) is 8.06. The molecule has 1 saturated carbocycles. The number of carbonyl (C=O) groups excluding carboxylic acids is 1. The molecule has 36 heavy (non-hydrogen) atoms. The number of nitrogens with one attached hydrogen (secondary N) is 2. The molecule has 0 bridgehead atoms. The average molecular weight is 546 g/mol. The van der Waals surface area contributed by atoms with E-state index in [4.69, 9.17) is 9.47 Å². The summed E-state index contributed by atoms with van der Waals surface area (Å²) in [6.07, 6.45) is -4.73. The lowest BCUT2D eigenvalue weighted by atomic mass is 10.1. The molecule has 1 aromatic carbocycles. The quantitative estimate of drug-likeness (QED) is 0.376. The second kappa shape index (κ2) is 9.94. The zero-order valence-electron chi connectivity index (χ0n) is 19.0. The molecule has 2 aromatic heterocycles. The van der Waals surface area contributed by atoms with E-state index < -0.39 is 45.2 Å². The Morgan fingerprint density at radius 1 is 1.17 bits per heavy atom. The fourth-order valence-corrected chi connectivity index (χ4v) is 6.89. The van der Waals surface area contributed by atoms with E-state index in [2.05, 4.69) is 19.7 Å². The van der Waals surface area contributed by atoms with Gasteiger partial charge in [-0.05, 0) is 17.7 Å². The summed E-state index contributed by atoms with van der Waals surface area (Å²) in [6.45, 7) is -0.0439. The SMILES string of the molecule is COCNC(=O)[C@]1(NS(=O)(=O)c2ccc(-c3cc(C(F)(F)F)on3)s2)[C@H](COC)[C@@H]1c1ccccc1. The molecule has 0 unspecified atom stereocenters. The van der Waals surface area contributed by atoms with Gasteiger partial charge in [-0.25, -0.2) is 8.42 Å². The summed E-state index contributed by atoms with van der Waals surface area (Å²) in [6, 6.07) is 12.2.